The number of hydrogen-bond donors (Lipinski definition) is 1. The molecule has 1 aliphatic rings. The van der Waals surface area contributed by atoms with E-state index in [1.54, 1.807) is 56.0 Å². The second-order valence-corrected chi connectivity index (χ2v) is 7.98. The number of para-hydroxylation sites is 2. The van der Waals surface area contributed by atoms with Crippen LogP contribution >= 0.6 is 0 Å². The molecule has 2 aromatic carbocycles. The summed E-state index contributed by atoms with van der Waals surface area (Å²) in [5.41, 5.74) is 1.31. The van der Waals surface area contributed by atoms with Gasteiger partial charge in [0.1, 0.15) is 12.7 Å². The van der Waals surface area contributed by atoms with Gasteiger partial charge in [-0.3, -0.25) is 4.79 Å². The van der Waals surface area contributed by atoms with Gasteiger partial charge < -0.3 is 29.0 Å². The summed E-state index contributed by atoms with van der Waals surface area (Å²) in [7, 11) is 3.15. The number of ether oxygens (including phenoxy) is 5. The minimum absolute atomic E-state index is 0.205. The van der Waals surface area contributed by atoms with Crippen LogP contribution in [0, 0.1) is 0 Å². The van der Waals surface area contributed by atoms with Gasteiger partial charge in [0.05, 0.1) is 20.8 Å². The number of aromatic nitrogens is 4. The first-order valence-corrected chi connectivity index (χ1v) is 11.3. The predicted octanol–water partition coefficient (Wildman–Crippen LogP) is 2.53. The first kappa shape index (κ1) is 23.2. The average Bonchev–Trinajstić information content (AvgIpc) is 3.33. The first-order chi connectivity index (χ1) is 17.6. The third kappa shape index (κ3) is 4.54. The first-order valence-electron chi connectivity index (χ1n) is 11.3. The minimum atomic E-state index is -0.754. The van der Waals surface area contributed by atoms with Gasteiger partial charge in [0.25, 0.3) is 5.91 Å². The fraction of sp³-hybridized carbons (Fsp3) is 0.280. The summed E-state index contributed by atoms with van der Waals surface area (Å²) in [5, 5.41) is 15.7. The van der Waals surface area contributed by atoms with E-state index in [4.69, 9.17) is 23.7 Å². The molecule has 0 aliphatic carbocycles. The zero-order valence-electron chi connectivity index (χ0n) is 20.0. The molecule has 1 N–H and O–H groups in total. The van der Waals surface area contributed by atoms with Crippen molar-refractivity contribution in [1.29, 1.82) is 0 Å². The van der Waals surface area contributed by atoms with Crippen LogP contribution in [0.15, 0.2) is 54.6 Å². The standard InChI is InChI=1S/C25H25N5O6/c1-15-23(36-19-7-5-4-6-18(19)35-15)25(31)26-12-13-34-22-11-10-21-27-28-24(30(21)29-22)16-8-9-17(32-2)20(14-16)33-3/h4-11,14-15,23H,12-13H2,1-3H3,(H,26,31). The lowest BCUT2D eigenvalue weighted by molar-refractivity contribution is -0.133. The largest absolute Gasteiger partial charge is 0.493 e. The number of carbonyl (C=O) groups is 1. The van der Waals surface area contributed by atoms with Gasteiger partial charge in [0, 0.05) is 11.6 Å². The van der Waals surface area contributed by atoms with E-state index in [0.29, 0.717) is 40.3 Å². The van der Waals surface area contributed by atoms with Crippen LogP contribution in [0.4, 0.5) is 0 Å². The molecule has 2 unspecified atom stereocenters. The van der Waals surface area contributed by atoms with Crippen molar-refractivity contribution >= 4 is 11.6 Å². The second-order valence-electron chi connectivity index (χ2n) is 7.98. The van der Waals surface area contributed by atoms with E-state index in [0.717, 1.165) is 5.56 Å². The van der Waals surface area contributed by atoms with E-state index >= 15 is 0 Å². The van der Waals surface area contributed by atoms with E-state index in [-0.39, 0.29) is 19.1 Å². The third-order valence-electron chi connectivity index (χ3n) is 5.63. The zero-order chi connectivity index (χ0) is 25.1. The third-order valence-corrected chi connectivity index (χ3v) is 5.63. The van der Waals surface area contributed by atoms with Gasteiger partial charge in [-0.05, 0) is 43.3 Å². The molecule has 3 heterocycles. The highest BCUT2D eigenvalue weighted by Crippen LogP contribution is 2.34. The van der Waals surface area contributed by atoms with Crippen molar-refractivity contribution in [3.05, 3.63) is 54.6 Å². The fourth-order valence-corrected chi connectivity index (χ4v) is 3.84. The molecule has 186 valence electrons. The molecule has 11 heteroatoms. The predicted molar refractivity (Wildman–Crippen MR) is 129 cm³/mol. The number of rotatable bonds is 8. The number of carbonyl (C=O) groups excluding carboxylic acids is 1. The van der Waals surface area contributed by atoms with Gasteiger partial charge in [-0.1, -0.05) is 12.1 Å². The lowest BCUT2D eigenvalue weighted by Crippen LogP contribution is -2.49. The van der Waals surface area contributed by atoms with Crippen molar-refractivity contribution < 1.29 is 28.5 Å². The molecule has 2 atom stereocenters. The normalized spacial score (nSPS) is 16.4. The maximum absolute atomic E-state index is 12.6. The minimum Gasteiger partial charge on any atom is -0.493 e. The molecule has 0 bridgehead atoms. The van der Waals surface area contributed by atoms with E-state index in [1.807, 2.05) is 24.3 Å². The topological polar surface area (TPSA) is 118 Å². The molecule has 0 radical (unpaired) electrons. The van der Waals surface area contributed by atoms with E-state index < -0.39 is 12.2 Å². The molecule has 5 rings (SSSR count). The Morgan fingerprint density at radius 3 is 2.56 bits per heavy atom. The second kappa shape index (κ2) is 9.98. The van der Waals surface area contributed by atoms with Gasteiger partial charge in [0.15, 0.2) is 34.5 Å². The Kier molecular flexibility index (Phi) is 6.44. The molecular formula is C25H25N5O6. The van der Waals surface area contributed by atoms with Crippen LogP contribution in [0.25, 0.3) is 17.0 Å². The number of methoxy groups -OCH3 is 2. The fourth-order valence-electron chi connectivity index (χ4n) is 3.84. The summed E-state index contributed by atoms with van der Waals surface area (Å²) in [6.07, 6.45) is -1.18. The lowest BCUT2D eigenvalue weighted by Gasteiger charge is -2.30. The molecule has 1 aliphatic heterocycles. The maximum Gasteiger partial charge on any atom is 0.265 e. The van der Waals surface area contributed by atoms with Crippen molar-refractivity contribution in [2.24, 2.45) is 0 Å². The van der Waals surface area contributed by atoms with Crippen LogP contribution in [0.1, 0.15) is 6.92 Å². The summed E-state index contributed by atoms with van der Waals surface area (Å²) >= 11 is 0. The summed E-state index contributed by atoms with van der Waals surface area (Å²) in [4.78, 5) is 12.6. The van der Waals surface area contributed by atoms with E-state index in [9.17, 15) is 4.79 Å². The number of fused-ring (bicyclic) bond motifs is 2. The van der Waals surface area contributed by atoms with Gasteiger partial charge in [-0.15, -0.1) is 15.3 Å². The molecule has 36 heavy (non-hydrogen) atoms. The molecule has 0 saturated heterocycles. The Balaban J connectivity index is 1.21. The summed E-state index contributed by atoms with van der Waals surface area (Å²) in [5.74, 6) is 2.95. The van der Waals surface area contributed by atoms with Crippen LogP contribution in [0.3, 0.4) is 0 Å². The summed E-state index contributed by atoms with van der Waals surface area (Å²) in [6.45, 7) is 2.26. The Bertz CT molecular complexity index is 1390. The van der Waals surface area contributed by atoms with Crippen molar-refractivity contribution in [2.75, 3.05) is 27.4 Å². The average molecular weight is 492 g/mol. The van der Waals surface area contributed by atoms with Crippen LogP contribution < -0.4 is 29.0 Å². The molecular weight excluding hydrogens is 466 g/mol. The van der Waals surface area contributed by atoms with E-state index in [2.05, 4.69) is 20.6 Å². The highest BCUT2D eigenvalue weighted by atomic mass is 16.6. The van der Waals surface area contributed by atoms with Gasteiger partial charge in [-0.25, -0.2) is 0 Å². The molecule has 2 aromatic heterocycles. The Morgan fingerprint density at radius 2 is 1.78 bits per heavy atom. The number of hydrogen-bond acceptors (Lipinski definition) is 9. The van der Waals surface area contributed by atoms with Crippen LogP contribution in [0.5, 0.6) is 28.9 Å². The SMILES string of the molecule is COc1ccc(-c2nnc3ccc(OCCNC(=O)C4Oc5ccccc5OC4C)nn23)cc1OC. The molecule has 4 aromatic rings. The highest BCUT2D eigenvalue weighted by molar-refractivity contribution is 5.82. The molecule has 0 spiro atoms. The summed E-state index contributed by atoms with van der Waals surface area (Å²) in [6, 6.07) is 16.2. The number of amides is 1. The summed E-state index contributed by atoms with van der Waals surface area (Å²) < 4.78 is 29.6. The molecule has 0 fully saturated rings. The van der Waals surface area contributed by atoms with Crippen molar-refractivity contribution in [2.45, 2.75) is 19.1 Å². The van der Waals surface area contributed by atoms with E-state index in [1.165, 1.54) is 0 Å². The highest BCUT2D eigenvalue weighted by Gasteiger charge is 2.33. The number of benzene rings is 2. The molecule has 0 saturated carbocycles. The van der Waals surface area contributed by atoms with Crippen LogP contribution in [-0.2, 0) is 4.79 Å². The molecule has 11 nitrogen and oxygen atoms in total. The molecule has 1 amide bonds. The number of nitrogens with one attached hydrogen (secondary N) is 1. The van der Waals surface area contributed by atoms with Crippen molar-refractivity contribution in [1.82, 2.24) is 25.1 Å². The van der Waals surface area contributed by atoms with Gasteiger partial charge in [-0.2, -0.15) is 4.52 Å². The van der Waals surface area contributed by atoms with Crippen LogP contribution in [-0.4, -0.2) is 65.3 Å². The van der Waals surface area contributed by atoms with Gasteiger partial charge >= 0.3 is 0 Å². The van der Waals surface area contributed by atoms with Crippen molar-refractivity contribution in [3.63, 3.8) is 0 Å². The van der Waals surface area contributed by atoms with Gasteiger partial charge in [0.2, 0.25) is 12.0 Å². The Hall–Kier alpha value is -4.54. The monoisotopic (exact) mass is 491 g/mol. The quantitative estimate of drug-likeness (QED) is 0.371. The van der Waals surface area contributed by atoms with Crippen LogP contribution in [0.2, 0.25) is 0 Å². The zero-order valence-corrected chi connectivity index (χ0v) is 20.0. The lowest BCUT2D eigenvalue weighted by atomic mass is 10.1. The smallest absolute Gasteiger partial charge is 0.265 e. The number of nitrogens with zero attached hydrogens (tertiary/aromatic N) is 4. The van der Waals surface area contributed by atoms with Crippen molar-refractivity contribution in [3.8, 4) is 40.3 Å². The Morgan fingerprint density at radius 1 is 1.00 bits per heavy atom. The maximum atomic E-state index is 12.6. The Labute approximate surface area is 206 Å².